The second-order valence-corrected chi connectivity index (χ2v) is 5.03. The lowest BCUT2D eigenvalue weighted by Gasteiger charge is -2.08. The molecular weight excluding hydrogens is 307 g/mol. The molecule has 0 aromatic heterocycles. The number of rotatable bonds is 2. The Labute approximate surface area is 125 Å². The summed E-state index contributed by atoms with van der Waals surface area (Å²) in [5.41, 5.74) is 7.26. The molecule has 2 rings (SSSR count). The van der Waals surface area contributed by atoms with E-state index in [1.165, 1.54) is 0 Å². The molecule has 0 aliphatic heterocycles. The van der Waals surface area contributed by atoms with E-state index >= 15 is 0 Å². The second-order valence-electron chi connectivity index (χ2n) is 3.81. The summed E-state index contributed by atoms with van der Waals surface area (Å²) in [7, 11) is 0. The van der Waals surface area contributed by atoms with Crippen LogP contribution in [0, 0.1) is 0 Å². The van der Waals surface area contributed by atoms with Crippen molar-refractivity contribution in [3.63, 3.8) is 0 Å². The van der Waals surface area contributed by atoms with Crippen LogP contribution < -0.4 is 11.1 Å². The fourth-order valence-electron chi connectivity index (χ4n) is 1.62. The van der Waals surface area contributed by atoms with E-state index in [0.717, 1.165) is 11.1 Å². The fraction of sp³-hybridized carbons (Fsp3) is 0. The van der Waals surface area contributed by atoms with Crippen LogP contribution >= 0.6 is 34.8 Å². The Bertz CT molecular complexity index is 627. The Morgan fingerprint density at radius 1 is 0.947 bits per heavy atom. The third-order valence-electron chi connectivity index (χ3n) is 2.47. The van der Waals surface area contributed by atoms with Crippen LogP contribution in [0.4, 0.5) is 10.5 Å². The summed E-state index contributed by atoms with van der Waals surface area (Å²) in [5.74, 6) is 0. The van der Waals surface area contributed by atoms with Crippen molar-refractivity contribution in [2.24, 2.45) is 5.73 Å². The number of halogens is 3. The topological polar surface area (TPSA) is 55.1 Å². The van der Waals surface area contributed by atoms with Crippen LogP contribution in [0.15, 0.2) is 36.4 Å². The van der Waals surface area contributed by atoms with Gasteiger partial charge in [0.05, 0.1) is 10.0 Å². The summed E-state index contributed by atoms with van der Waals surface area (Å²) in [6.07, 6.45) is 0. The van der Waals surface area contributed by atoms with E-state index in [1.807, 2.05) is 0 Å². The van der Waals surface area contributed by atoms with Crippen molar-refractivity contribution in [1.29, 1.82) is 0 Å². The predicted molar refractivity (Wildman–Crippen MR) is 80.1 cm³/mol. The maximum atomic E-state index is 10.7. The number of nitrogens with one attached hydrogen (secondary N) is 1. The van der Waals surface area contributed by atoms with Crippen molar-refractivity contribution >= 4 is 46.5 Å². The number of nitrogens with two attached hydrogens (primary N) is 1. The molecule has 0 aliphatic rings. The van der Waals surface area contributed by atoms with Crippen molar-refractivity contribution in [2.75, 3.05) is 5.32 Å². The summed E-state index contributed by atoms with van der Waals surface area (Å²) in [6.45, 7) is 0. The normalized spacial score (nSPS) is 10.3. The summed E-state index contributed by atoms with van der Waals surface area (Å²) >= 11 is 18.0. The molecule has 3 N–H and O–H groups in total. The van der Waals surface area contributed by atoms with E-state index in [1.54, 1.807) is 36.4 Å². The van der Waals surface area contributed by atoms with Crippen LogP contribution in [0.2, 0.25) is 15.1 Å². The minimum atomic E-state index is -0.611. The van der Waals surface area contributed by atoms with Gasteiger partial charge >= 0.3 is 6.03 Å². The molecule has 2 amide bonds. The van der Waals surface area contributed by atoms with Gasteiger partial charge in [-0.25, -0.2) is 4.79 Å². The zero-order chi connectivity index (χ0) is 14.0. The molecule has 98 valence electrons. The Kier molecular flexibility index (Phi) is 4.20. The molecule has 0 atom stereocenters. The van der Waals surface area contributed by atoms with Crippen molar-refractivity contribution in [2.45, 2.75) is 0 Å². The van der Waals surface area contributed by atoms with Gasteiger partial charge in [-0.2, -0.15) is 0 Å². The van der Waals surface area contributed by atoms with Gasteiger partial charge in [0.25, 0.3) is 0 Å². The monoisotopic (exact) mass is 314 g/mol. The van der Waals surface area contributed by atoms with Gasteiger partial charge in [0.15, 0.2) is 0 Å². The summed E-state index contributed by atoms with van der Waals surface area (Å²) in [4.78, 5) is 10.7. The highest BCUT2D eigenvalue weighted by atomic mass is 35.5. The van der Waals surface area contributed by atoms with E-state index in [9.17, 15) is 4.79 Å². The molecule has 19 heavy (non-hydrogen) atoms. The first-order valence-corrected chi connectivity index (χ1v) is 6.42. The molecule has 0 heterocycles. The average Bonchev–Trinajstić information content (AvgIpc) is 2.34. The molecule has 0 spiro atoms. The Balaban J connectivity index is 2.37. The lowest BCUT2D eigenvalue weighted by Crippen LogP contribution is -2.19. The molecule has 0 unspecified atom stereocenters. The van der Waals surface area contributed by atoms with Crippen LogP contribution in [-0.2, 0) is 0 Å². The van der Waals surface area contributed by atoms with Gasteiger partial charge in [0, 0.05) is 16.3 Å². The number of urea groups is 1. The van der Waals surface area contributed by atoms with Gasteiger partial charge in [-0.15, -0.1) is 0 Å². The van der Waals surface area contributed by atoms with Crippen molar-refractivity contribution < 1.29 is 4.79 Å². The lowest BCUT2D eigenvalue weighted by atomic mass is 10.1. The third-order valence-corrected chi connectivity index (χ3v) is 3.51. The molecule has 0 saturated heterocycles. The quantitative estimate of drug-likeness (QED) is 0.768. The van der Waals surface area contributed by atoms with Crippen molar-refractivity contribution in [1.82, 2.24) is 0 Å². The van der Waals surface area contributed by atoms with Gasteiger partial charge in [-0.05, 0) is 29.8 Å². The molecule has 6 heteroatoms. The molecule has 3 nitrogen and oxygen atoms in total. The molecule has 0 saturated carbocycles. The molecule has 2 aromatic carbocycles. The highest BCUT2D eigenvalue weighted by molar-refractivity contribution is 6.44. The zero-order valence-corrected chi connectivity index (χ0v) is 11.9. The van der Waals surface area contributed by atoms with E-state index in [0.29, 0.717) is 20.8 Å². The summed E-state index contributed by atoms with van der Waals surface area (Å²) in [5, 5.41) is 3.82. The average molecular weight is 316 g/mol. The first kappa shape index (κ1) is 14.0. The molecule has 2 aromatic rings. The van der Waals surface area contributed by atoms with Gasteiger partial charge in [0.2, 0.25) is 0 Å². The van der Waals surface area contributed by atoms with Gasteiger partial charge < -0.3 is 11.1 Å². The highest BCUT2D eigenvalue weighted by Gasteiger charge is 2.08. The molecule has 0 aliphatic carbocycles. The first-order valence-electron chi connectivity index (χ1n) is 5.29. The molecular formula is C13H9Cl3N2O. The largest absolute Gasteiger partial charge is 0.351 e. The van der Waals surface area contributed by atoms with Gasteiger partial charge in [-0.3, -0.25) is 0 Å². The Morgan fingerprint density at radius 3 is 2.11 bits per heavy atom. The number of hydrogen-bond donors (Lipinski definition) is 2. The number of carbonyl (C=O) groups is 1. The highest BCUT2D eigenvalue weighted by Crippen LogP contribution is 2.35. The van der Waals surface area contributed by atoms with Crippen LogP contribution in [0.3, 0.4) is 0 Å². The molecule has 0 fully saturated rings. The van der Waals surface area contributed by atoms with Crippen LogP contribution in [0.5, 0.6) is 0 Å². The van der Waals surface area contributed by atoms with E-state index in [2.05, 4.69) is 5.32 Å². The molecule has 0 bridgehead atoms. The minimum Gasteiger partial charge on any atom is -0.351 e. The lowest BCUT2D eigenvalue weighted by molar-refractivity contribution is 0.259. The van der Waals surface area contributed by atoms with E-state index in [-0.39, 0.29) is 0 Å². The van der Waals surface area contributed by atoms with Crippen molar-refractivity contribution in [3.8, 4) is 11.1 Å². The van der Waals surface area contributed by atoms with E-state index < -0.39 is 6.03 Å². The van der Waals surface area contributed by atoms with E-state index in [4.69, 9.17) is 40.5 Å². The van der Waals surface area contributed by atoms with Gasteiger partial charge in [0.1, 0.15) is 0 Å². The number of primary amides is 1. The maximum absolute atomic E-state index is 10.7. The summed E-state index contributed by atoms with van der Waals surface area (Å²) < 4.78 is 0. The van der Waals surface area contributed by atoms with Crippen molar-refractivity contribution in [3.05, 3.63) is 51.5 Å². The summed E-state index contributed by atoms with van der Waals surface area (Å²) in [6, 6.07) is 9.73. The number of carbonyl (C=O) groups excluding carboxylic acids is 1. The third kappa shape index (κ3) is 3.32. The predicted octanol–water partition coefficient (Wildman–Crippen LogP) is 4.80. The fourth-order valence-corrected chi connectivity index (χ4v) is 2.28. The Morgan fingerprint density at radius 2 is 1.53 bits per heavy atom. The van der Waals surface area contributed by atoms with Crippen LogP contribution in [0.25, 0.3) is 11.1 Å². The number of anilines is 1. The van der Waals surface area contributed by atoms with Gasteiger partial charge in [-0.1, -0.05) is 46.9 Å². The zero-order valence-electron chi connectivity index (χ0n) is 9.58. The first-order chi connectivity index (χ1) is 8.97. The molecule has 0 radical (unpaired) electrons. The SMILES string of the molecule is NC(=O)Nc1ccc(-c2cc(Cl)c(Cl)cc2Cl)cc1. The second kappa shape index (κ2) is 5.70. The maximum Gasteiger partial charge on any atom is 0.316 e. The van der Waals surface area contributed by atoms with Crippen LogP contribution in [-0.4, -0.2) is 6.03 Å². The standard InChI is InChI=1S/C13H9Cl3N2O/c14-10-6-12(16)11(15)5-9(10)7-1-3-8(4-2-7)18-13(17)19/h1-6H,(H3,17,18,19). The van der Waals surface area contributed by atoms with Crippen LogP contribution in [0.1, 0.15) is 0 Å². The number of amides is 2. The minimum absolute atomic E-state index is 0.405. The number of benzene rings is 2. The smallest absolute Gasteiger partial charge is 0.316 e. The Hall–Kier alpha value is -1.42. The number of hydrogen-bond acceptors (Lipinski definition) is 1.